The van der Waals surface area contributed by atoms with Crippen molar-refractivity contribution >= 4 is 5.69 Å². The second-order valence-corrected chi connectivity index (χ2v) is 9.49. The Hall–Kier alpha value is -3.33. The molecular weight excluding hydrogens is 456 g/mol. The van der Waals surface area contributed by atoms with Crippen LogP contribution in [0.4, 0.5) is 5.69 Å². The minimum atomic E-state index is -0.0819. The molecule has 2 aromatic carbocycles. The second-order valence-electron chi connectivity index (χ2n) is 9.49. The smallest absolute Gasteiger partial charge is 0.173 e. The summed E-state index contributed by atoms with van der Waals surface area (Å²) < 4.78 is 18.9. The van der Waals surface area contributed by atoms with Crippen molar-refractivity contribution in [2.75, 3.05) is 52.4 Å². The topological polar surface area (TPSA) is 77.8 Å². The highest BCUT2D eigenvalue weighted by molar-refractivity contribution is 5.58. The van der Waals surface area contributed by atoms with E-state index >= 15 is 0 Å². The van der Waals surface area contributed by atoms with Crippen LogP contribution in [0.25, 0.3) is 0 Å². The first-order valence-corrected chi connectivity index (χ1v) is 12.8. The fraction of sp³-hybridized carbons (Fsp3) is 0.519. The van der Waals surface area contributed by atoms with Gasteiger partial charge in [-0.1, -0.05) is 37.5 Å². The summed E-state index contributed by atoms with van der Waals surface area (Å²) >= 11 is 0. The van der Waals surface area contributed by atoms with Gasteiger partial charge in [0.25, 0.3) is 0 Å². The molecule has 1 atom stereocenters. The van der Waals surface area contributed by atoms with Crippen LogP contribution in [0.5, 0.6) is 17.2 Å². The van der Waals surface area contributed by atoms with Gasteiger partial charge in [0.05, 0.1) is 39.1 Å². The molecule has 0 amide bonds. The molecule has 0 N–H and O–H groups in total. The fourth-order valence-corrected chi connectivity index (χ4v) is 5.62. The molecule has 0 bridgehead atoms. The molecule has 2 aliphatic rings. The first-order valence-electron chi connectivity index (χ1n) is 12.8. The SMILES string of the molecule is COc1ccc([C@H](c2nnnn2C2CCCCC2)N2CCN(c3ccccc3OC)CC2)cc1OC. The Bertz CT molecular complexity index is 1140. The molecule has 1 aromatic heterocycles. The maximum Gasteiger partial charge on any atom is 0.173 e. The molecule has 9 nitrogen and oxygen atoms in total. The van der Waals surface area contributed by atoms with E-state index in [1.165, 1.54) is 19.3 Å². The maximum absolute atomic E-state index is 5.65. The molecule has 36 heavy (non-hydrogen) atoms. The molecule has 2 heterocycles. The van der Waals surface area contributed by atoms with Gasteiger partial charge in [0.1, 0.15) is 5.75 Å². The molecule has 0 radical (unpaired) electrons. The number of benzene rings is 2. The standard InChI is InChI=1S/C27H36N6O3/c1-34-23-12-8-7-11-22(23)31-15-17-32(18-16-31)26(20-13-14-24(35-2)25(19-20)36-3)27-28-29-30-33(27)21-9-5-4-6-10-21/h7-8,11-14,19,21,26H,4-6,9-10,15-18H2,1-3H3/t26-/m1/s1. The van der Waals surface area contributed by atoms with Crippen LogP contribution in [0.2, 0.25) is 0 Å². The molecule has 2 fully saturated rings. The van der Waals surface area contributed by atoms with Gasteiger partial charge < -0.3 is 19.1 Å². The highest BCUT2D eigenvalue weighted by atomic mass is 16.5. The third-order valence-electron chi connectivity index (χ3n) is 7.51. The van der Waals surface area contributed by atoms with Gasteiger partial charge in [0, 0.05) is 26.2 Å². The Labute approximate surface area is 212 Å². The number of hydrogen-bond acceptors (Lipinski definition) is 8. The van der Waals surface area contributed by atoms with Crippen molar-refractivity contribution in [3.05, 3.63) is 53.9 Å². The summed E-state index contributed by atoms with van der Waals surface area (Å²) in [5, 5.41) is 13.2. The van der Waals surface area contributed by atoms with E-state index in [0.29, 0.717) is 17.5 Å². The second kappa shape index (κ2) is 11.2. The first-order chi connectivity index (χ1) is 17.7. The Morgan fingerprint density at radius 1 is 0.806 bits per heavy atom. The number of rotatable bonds is 8. The molecule has 9 heteroatoms. The van der Waals surface area contributed by atoms with E-state index in [2.05, 4.69) is 54.3 Å². The number of ether oxygens (including phenoxy) is 3. The quantitative estimate of drug-likeness (QED) is 0.465. The third kappa shape index (κ3) is 4.84. The van der Waals surface area contributed by atoms with E-state index in [9.17, 15) is 0 Å². The Balaban J connectivity index is 1.47. The van der Waals surface area contributed by atoms with Gasteiger partial charge in [-0.2, -0.15) is 0 Å². The number of para-hydroxylation sites is 2. The van der Waals surface area contributed by atoms with Gasteiger partial charge in [-0.15, -0.1) is 5.10 Å². The lowest BCUT2D eigenvalue weighted by Gasteiger charge is -2.40. The minimum Gasteiger partial charge on any atom is -0.495 e. The van der Waals surface area contributed by atoms with E-state index in [1.807, 2.05) is 18.2 Å². The van der Waals surface area contributed by atoms with Crippen molar-refractivity contribution in [2.24, 2.45) is 0 Å². The van der Waals surface area contributed by atoms with Crippen molar-refractivity contribution < 1.29 is 14.2 Å². The van der Waals surface area contributed by atoms with Gasteiger partial charge >= 0.3 is 0 Å². The zero-order valence-electron chi connectivity index (χ0n) is 21.5. The monoisotopic (exact) mass is 492 g/mol. The Morgan fingerprint density at radius 2 is 1.53 bits per heavy atom. The summed E-state index contributed by atoms with van der Waals surface area (Å²) in [6.45, 7) is 3.51. The lowest BCUT2D eigenvalue weighted by molar-refractivity contribution is 0.193. The lowest BCUT2D eigenvalue weighted by atomic mass is 9.95. The van der Waals surface area contributed by atoms with Crippen LogP contribution in [-0.4, -0.2) is 72.6 Å². The zero-order chi connectivity index (χ0) is 24.9. The average Bonchev–Trinajstić information content (AvgIpc) is 3.43. The van der Waals surface area contributed by atoms with Crippen LogP contribution in [-0.2, 0) is 0 Å². The van der Waals surface area contributed by atoms with Gasteiger partial charge in [-0.25, -0.2) is 4.68 Å². The third-order valence-corrected chi connectivity index (χ3v) is 7.51. The van der Waals surface area contributed by atoms with Gasteiger partial charge in [-0.3, -0.25) is 4.90 Å². The van der Waals surface area contributed by atoms with E-state index in [-0.39, 0.29) is 6.04 Å². The number of hydrogen-bond donors (Lipinski definition) is 0. The Morgan fingerprint density at radius 3 is 2.25 bits per heavy atom. The van der Waals surface area contributed by atoms with Crippen LogP contribution in [0.1, 0.15) is 55.6 Å². The normalized spacial score (nSPS) is 18.1. The summed E-state index contributed by atoms with van der Waals surface area (Å²) in [5.74, 6) is 3.24. The summed E-state index contributed by atoms with van der Waals surface area (Å²) in [7, 11) is 5.07. The highest BCUT2D eigenvalue weighted by Crippen LogP contribution is 2.38. The number of piperazine rings is 1. The minimum absolute atomic E-state index is 0.0819. The lowest BCUT2D eigenvalue weighted by Crippen LogP contribution is -2.48. The van der Waals surface area contributed by atoms with E-state index in [4.69, 9.17) is 14.2 Å². The molecule has 1 saturated heterocycles. The van der Waals surface area contributed by atoms with Gasteiger partial charge in [-0.05, 0) is 53.1 Å². The maximum atomic E-state index is 5.65. The van der Waals surface area contributed by atoms with Crippen LogP contribution >= 0.6 is 0 Å². The predicted molar refractivity (Wildman–Crippen MR) is 138 cm³/mol. The highest BCUT2D eigenvalue weighted by Gasteiger charge is 2.33. The summed E-state index contributed by atoms with van der Waals surface area (Å²) in [6, 6.07) is 14.6. The molecule has 1 aliphatic carbocycles. The van der Waals surface area contributed by atoms with E-state index in [0.717, 1.165) is 61.8 Å². The van der Waals surface area contributed by atoms with Crippen molar-refractivity contribution in [3.8, 4) is 17.2 Å². The summed E-state index contributed by atoms with van der Waals surface area (Å²) in [5.41, 5.74) is 2.24. The van der Waals surface area contributed by atoms with Crippen molar-refractivity contribution in [1.29, 1.82) is 0 Å². The van der Waals surface area contributed by atoms with Crippen molar-refractivity contribution in [3.63, 3.8) is 0 Å². The number of tetrazole rings is 1. The largest absolute Gasteiger partial charge is 0.495 e. The van der Waals surface area contributed by atoms with Crippen LogP contribution in [0.3, 0.4) is 0 Å². The molecule has 0 unspecified atom stereocenters. The first kappa shape index (κ1) is 24.4. The predicted octanol–water partition coefficient (Wildman–Crippen LogP) is 4.12. The van der Waals surface area contributed by atoms with Gasteiger partial charge in [0.15, 0.2) is 17.3 Å². The number of nitrogens with zero attached hydrogens (tertiary/aromatic N) is 6. The summed E-state index contributed by atoms with van der Waals surface area (Å²) in [4.78, 5) is 4.88. The Kier molecular flexibility index (Phi) is 7.55. The van der Waals surface area contributed by atoms with Crippen LogP contribution < -0.4 is 19.1 Å². The molecule has 1 saturated carbocycles. The van der Waals surface area contributed by atoms with Gasteiger partial charge in [0.2, 0.25) is 0 Å². The van der Waals surface area contributed by atoms with Crippen LogP contribution in [0.15, 0.2) is 42.5 Å². The fourth-order valence-electron chi connectivity index (χ4n) is 5.62. The van der Waals surface area contributed by atoms with E-state index in [1.54, 1.807) is 21.3 Å². The molecule has 0 spiro atoms. The zero-order valence-corrected chi connectivity index (χ0v) is 21.5. The molecule has 1 aliphatic heterocycles. The van der Waals surface area contributed by atoms with E-state index < -0.39 is 0 Å². The molecular formula is C27H36N6O3. The van der Waals surface area contributed by atoms with Crippen molar-refractivity contribution in [1.82, 2.24) is 25.1 Å². The molecule has 3 aromatic rings. The van der Waals surface area contributed by atoms with Crippen molar-refractivity contribution in [2.45, 2.75) is 44.2 Å². The summed E-state index contributed by atoms with van der Waals surface area (Å²) in [6.07, 6.45) is 5.99. The molecule has 192 valence electrons. The number of aromatic nitrogens is 4. The number of methoxy groups -OCH3 is 3. The van der Waals surface area contributed by atoms with Crippen LogP contribution in [0, 0.1) is 0 Å². The number of anilines is 1. The molecule has 5 rings (SSSR count). The average molecular weight is 493 g/mol.